The van der Waals surface area contributed by atoms with Crippen LogP contribution in [0.3, 0.4) is 0 Å². The highest BCUT2D eigenvalue weighted by atomic mass is 35.5. The molecule has 2 N–H and O–H groups in total. The number of amides is 1. The fraction of sp³-hybridized carbons (Fsp3) is 0.556. The lowest BCUT2D eigenvalue weighted by molar-refractivity contribution is -0.122. The number of oxazole rings is 1. The summed E-state index contributed by atoms with van der Waals surface area (Å²) in [6.07, 6.45) is 2.14. The van der Waals surface area contributed by atoms with Gasteiger partial charge in [0.25, 0.3) is 0 Å². The van der Waals surface area contributed by atoms with Gasteiger partial charge in [0.15, 0.2) is 5.58 Å². The molecule has 7 nitrogen and oxygen atoms in total. The predicted molar refractivity (Wildman–Crippen MR) is 107 cm³/mol. The lowest BCUT2D eigenvalue weighted by atomic mass is 9.79. The molecule has 2 aromatic rings. The molecule has 0 aliphatic carbocycles. The van der Waals surface area contributed by atoms with Crippen molar-refractivity contribution >= 4 is 41.0 Å². The van der Waals surface area contributed by atoms with Crippen molar-refractivity contribution in [3.8, 4) is 0 Å². The normalized spacial score (nSPS) is 16.1. The number of hydrogen-bond acceptors (Lipinski definition) is 5. The van der Waals surface area contributed by atoms with E-state index in [9.17, 15) is 9.59 Å². The molecule has 1 fully saturated rings. The van der Waals surface area contributed by atoms with Crippen LogP contribution in [0.2, 0.25) is 5.02 Å². The molecule has 0 unspecified atom stereocenters. The molecule has 1 amide bonds. The summed E-state index contributed by atoms with van der Waals surface area (Å²) in [6.45, 7) is 3.33. The smallest absolute Gasteiger partial charge is 0.408 e. The van der Waals surface area contributed by atoms with Gasteiger partial charge in [0.2, 0.25) is 5.91 Å². The summed E-state index contributed by atoms with van der Waals surface area (Å²) >= 11 is 5.91. The van der Waals surface area contributed by atoms with Crippen LogP contribution >= 0.6 is 24.0 Å². The van der Waals surface area contributed by atoms with Crippen molar-refractivity contribution in [3.05, 3.63) is 33.8 Å². The highest BCUT2D eigenvalue weighted by Gasteiger charge is 2.32. The highest BCUT2D eigenvalue weighted by Crippen LogP contribution is 2.28. The van der Waals surface area contributed by atoms with Crippen molar-refractivity contribution in [1.29, 1.82) is 0 Å². The van der Waals surface area contributed by atoms with Gasteiger partial charge in [-0.25, -0.2) is 4.79 Å². The summed E-state index contributed by atoms with van der Waals surface area (Å²) in [5.74, 6) is -0.571. The summed E-state index contributed by atoms with van der Waals surface area (Å²) in [7, 11) is 1.69. The third kappa shape index (κ3) is 5.25. The van der Waals surface area contributed by atoms with Crippen LogP contribution in [0.25, 0.3) is 11.1 Å². The molecule has 0 saturated carbocycles. The maximum Gasteiger partial charge on any atom is 0.419 e. The number of ether oxygens (including phenoxy) is 1. The van der Waals surface area contributed by atoms with E-state index in [-0.39, 0.29) is 36.7 Å². The first kappa shape index (κ1) is 21.8. The average Bonchev–Trinajstić information content (AvgIpc) is 2.93. The highest BCUT2D eigenvalue weighted by molar-refractivity contribution is 6.31. The molecule has 1 saturated heterocycles. The van der Waals surface area contributed by atoms with Gasteiger partial charge in [0.1, 0.15) is 0 Å². The molecule has 27 heavy (non-hydrogen) atoms. The van der Waals surface area contributed by atoms with E-state index in [1.54, 1.807) is 25.3 Å². The Balaban J connectivity index is 0.00000261. The van der Waals surface area contributed by atoms with Crippen LogP contribution in [0.4, 0.5) is 0 Å². The third-order valence-corrected chi connectivity index (χ3v) is 5.20. The molecule has 0 atom stereocenters. The molecule has 0 bridgehead atoms. The minimum Gasteiger partial charge on any atom is -0.408 e. The molecule has 1 aromatic carbocycles. The molecule has 1 aromatic heterocycles. The number of piperidine rings is 1. The summed E-state index contributed by atoms with van der Waals surface area (Å²) in [6, 6.07) is 5.02. The first-order valence-corrected chi connectivity index (χ1v) is 9.16. The van der Waals surface area contributed by atoms with Crippen molar-refractivity contribution in [2.24, 2.45) is 5.41 Å². The summed E-state index contributed by atoms with van der Waals surface area (Å²) in [5, 5.41) is 6.84. The SMILES string of the molecule is COCC1(CNC(=O)CCn2c(=O)oc3cc(Cl)ccc32)CCNCC1.Cl. The van der Waals surface area contributed by atoms with E-state index in [1.807, 2.05) is 0 Å². The van der Waals surface area contributed by atoms with Gasteiger partial charge in [-0.05, 0) is 38.1 Å². The van der Waals surface area contributed by atoms with Crippen LogP contribution in [-0.4, -0.2) is 43.8 Å². The molecule has 1 aliphatic rings. The summed E-state index contributed by atoms with van der Waals surface area (Å²) < 4.78 is 12.0. The van der Waals surface area contributed by atoms with Crippen molar-refractivity contribution in [1.82, 2.24) is 15.2 Å². The van der Waals surface area contributed by atoms with E-state index in [0.29, 0.717) is 29.3 Å². The van der Waals surface area contributed by atoms with Gasteiger partial charge >= 0.3 is 5.76 Å². The Hall–Kier alpha value is -1.54. The number of carbonyl (C=O) groups is 1. The summed E-state index contributed by atoms with van der Waals surface area (Å²) in [5.41, 5.74) is 1.05. The third-order valence-electron chi connectivity index (χ3n) is 4.97. The van der Waals surface area contributed by atoms with Crippen LogP contribution in [0.15, 0.2) is 27.4 Å². The average molecular weight is 418 g/mol. The monoisotopic (exact) mass is 417 g/mol. The van der Waals surface area contributed by atoms with E-state index >= 15 is 0 Å². The van der Waals surface area contributed by atoms with Gasteiger partial charge in [0, 0.05) is 43.1 Å². The standard InChI is InChI=1S/C18H24ClN3O4.ClH/c1-25-12-18(5-7-20-8-6-18)11-21-16(23)4-9-22-14-3-2-13(19)10-15(14)26-17(22)24;/h2-3,10,20H,4-9,11-12H2,1H3,(H,21,23);1H. The number of fused-ring (bicyclic) bond motifs is 1. The van der Waals surface area contributed by atoms with Gasteiger partial charge in [0.05, 0.1) is 12.1 Å². The molecular formula is C18H25Cl2N3O4. The number of methoxy groups -OCH3 is 1. The molecule has 2 heterocycles. The number of nitrogens with zero attached hydrogens (tertiary/aromatic N) is 1. The Labute approximate surface area is 168 Å². The molecule has 9 heteroatoms. The second-order valence-electron chi connectivity index (χ2n) is 6.84. The number of aryl methyl sites for hydroxylation is 1. The minimum absolute atomic E-state index is 0. The number of halogens is 2. The topological polar surface area (TPSA) is 85.5 Å². The van der Waals surface area contributed by atoms with E-state index in [4.69, 9.17) is 20.8 Å². The number of carbonyl (C=O) groups excluding carboxylic acids is 1. The molecule has 0 spiro atoms. The molecule has 150 valence electrons. The van der Waals surface area contributed by atoms with Crippen molar-refractivity contribution in [2.75, 3.05) is 33.4 Å². The number of aromatic nitrogens is 1. The van der Waals surface area contributed by atoms with Crippen LogP contribution in [-0.2, 0) is 16.1 Å². The molecule has 3 rings (SSSR count). The second kappa shape index (κ2) is 9.59. The van der Waals surface area contributed by atoms with Crippen LogP contribution < -0.4 is 16.4 Å². The van der Waals surface area contributed by atoms with Gasteiger partial charge in [-0.15, -0.1) is 12.4 Å². The van der Waals surface area contributed by atoms with E-state index < -0.39 is 5.76 Å². The first-order chi connectivity index (χ1) is 12.5. The molecular weight excluding hydrogens is 393 g/mol. The van der Waals surface area contributed by atoms with Gasteiger partial charge < -0.3 is 19.8 Å². The lowest BCUT2D eigenvalue weighted by Gasteiger charge is -2.37. The van der Waals surface area contributed by atoms with Gasteiger partial charge in [-0.3, -0.25) is 9.36 Å². The largest absolute Gasteiger partial charge is 0.419 e. The van der Waals surface area contributed by atoms with E-state index in [1.165, 1.54) is 4.57 Å². The Bertz CT molecular complexity index is 822. The number of rotatable bonds is 7. The van der Waals surface area contributed by atoms with Gasteiger partial charge in [-0.1, -0.05) is 11.6 Å². The maximum absolute atomic E-state index is 12.3. The quantitative estimate of drug-likeness (QED) is 0.720. The van der Waals surface area contributed by atoms with Crippen LogP contribution in [0.1, 0.15) is 19.3 Å². The number of hydrogen-bond donors (Lipinski definition) is 2. The Morgan fingerprint density at radius 2 is 2.15 bits per heavy atom. The number of nitrogens with one attached hydrogen (secondary N) is 2. The molecule has 1 aliphatic heterocycles. The Morgan fingerprint density at radius 1 is 1.41 bits per heavy atom. The number of benzene rings is 1. The molecule has 0 radical (unpaired) electrons. The van der Waals surface area contributed by atoms with Crippen molar-refractivity contribution in [3.63, 3.8) is 0 Å². The zero-order chi connectivity index (χ0) is 18.6. The second-order valence-corrected chi connectivity index (χ2v) is 7.28. The van der Waals surface area contributed by atoms with Crippen molar-refractivity contribution < 1.29 is 13.9 Å². The zero-order valence-electron chi connectivity index (χ0n) is 15.3. The Kier molecular flexibility index (Phi) is 7.73. The van der Waals surface area contributed by atoms with E-state index in [0.717, 1.165) is 25.9 Å². The predicted octanol–water partition coefficient (Wildman–Crippen LogP) is 2.19. The zero-order valence-corrected chi connectivity index (χ0v) is 16.8. The first-order valence-electron chi connectivity index (χ1n) is 8.78. The van der Waals surface area contributed by atoms with Crippen molar-refractivity contribution in [2.45, 2.75) is 25.8 Å². The fourth-order valence-electron chi connectivity index (χ4n) is 3.48. The Morgan fingerprint density at radius 3 is 2.85 bits per heavy atom. The lowest BCUT2D eigenvalue weighted by Crippen LogP contribution is -2.47. The van der Waals surface area contributed by atoms with Gasteiger partial charge in [-0.2, -0.15) is 0 Å². The fourth-order valence-corrected chi connectivity index (χ4v) is 3.64. The maximum atomic E-state index is 12.3. The van der Waals surface area contributed by atoms with Crippen LogP contribution in [0.5, 0.6) is 0 Å². The summed E-state index contributed by atoms with van der Waals surface area (Å²) in [4.78, 5) is 24.3. The van der Waals surface area contributed by atoms with E-state index in [2.05, 4.69) is 10.6 Å². The van der Waals surface area contributed by atoms with Crippen LogP contribution in [0, 0.1) is 5.41 Å². The minimum atomic E-state index is -0.482.